The van der Waals surface area contributed by atoms with Gasteiger partial charge in [-0.3, -0.25) is 0 Å². The van der Waals surface area contributed by atoms with Crippen molar-refractivity contribution in [3.8, 4) is 0 Å². The molecule has 1 aromatic heterocycles. The first-order chi connectivity index (χ1) is 9.12. The minimum Gasteiger partial charge on any atom is -0.468 e. The van der Waals surface area contributed by atoms with E-state index >= 15 is 0 Å². The predicted octanol–water partition coefficient (Wildman–Crippen LogP) is 1.79. The van der Waals surface area contributed by atoms with E-state index in [-0.39, 0.29) is 0 Å². The summed E-state index contributed by atoms with van der Waals surface area (Å²) in [6.45, 7) is 4.07. The van der Waals surface area contributed by atoms with Crippen molar-refractivity contribution in [2.75, 3.05) is 40.8 Å². The fourth-order valence-electron chi connectivity index (χ4n) is 2.81. The molecule has 1 fully saturated rings. The number of nitrogens with zero attached hydrogens (tertiary/aromatic N) is 2. The van der Waals surface area contributed by atoms with Crippen LogP contribution in [0.25, 0.3) is 0 Å². The molecule has 1 aliphatic rings. The van der Waals surface area contributed by atoms with Gasteiger partial charge in [0.2, 0.25) is 0 Å². The van der Waals surface area contributed by atoms with Crippen LogP contribution in [0.1, 0.15) is 25.0 Å². The van der Waals surface area contributed by atoms with Gasteiger partial charge in [-0.1, -0.05) is 0 Å². The maximum Gasteiger partial charge on any atom is 0.117 e. The fourth-order valence-corrected chi connectivity index (χ4v) is 2.81. The Balaban J connectivity index is 1.63. The van der Waals surface area contributed by atoms with Crippen LogP contribution >= 0.6 is 0 Å². The molecule has 0 amide bonds. The Hall–Kier alpha value is -0.840. The first-order valence-electron chi connectivity index (χ1n) is 7.21. The minimum absolute atomic E-state index is 0.426. The zero-order chi connectivity index (χ0) is 13.7. The van der Waals surface area contributed by atoms with Crippen molar-refractivity contribution in [3.05, 3.63) is 24.2 Å². The average Bonchev–Trinajstić information content (AvgIpc) is 2.82. The number of hydrogen-bond acceptors (Lipinski definition) is 4. The van der Waals surface area contributed by atoms with E-state index in [1.807, 2.05) is 12.1 Å². The zero-order valence-corrected chi connectivity index (χ0v) is 12.5. The molecule has 0 unspecified atom stereocenters. The van der Waals surface area contributed by atoms with E-state index in [0.717, 1.165) is 25.4 Å². The summed E-state index contributed by atoms with van der Waals surface area (Å²) < 4.78 is 5.30. The van der Waals surface area contributed by atoms with Gasteiger partial charge < -0.3 is 19.5 Å². The summed E-state index contributed by atoms with van der Waals surface area (Å²) in [6.07, 6.45) is 5.78. The number of rotatable bonds is 8. The summed E-state index contributed by atoms with van der Waals surface area (Å²) in [5.41, 5.74) is 0.426. The molecule has 1 aliphatic carbocycles. The van der Waals surface area contributed by atoms with E-state index in [0.29, 0.717) is 5.54 Å². The van der Waals surface area contributed by atoms with Gasteiger partial charge in [-0.2, -0.15) is 0 Å². The van der Waals surface area contributed by atoms with E-state index in [9.17, 15) is 0 Å². The lowest BCUT2D eigenvalue weighted by molar-refractivity contribution is 0.0281. The van der Waals surface area contributed by atoms with Crippen LogP contribution in [-0.4, -0.2) is 56.1 Å². The quantitative estimate of drug-likeness (QED) is 0.726. The maximum atomic E-state index is 5.30. The number of hydrogen-bond donors (Lipinski definition) is 1. The molecule has 4 nitrogen and oxygen atoms in total. The molecule has 1 heterocycles. The van der Waals surface area contributed by atoms with Gasteiger partial charge in [-0.25, -0.2) is 0 Å². The van der Waals surface area contributed by atoms with E-state index in [4.69, 9.17) is 4.42 Å². The van der Waals surface area contributed by atoms with Gasteiger partial charge >= 0.3 is 0 Å². The third-order valence-corrected chi connectivity index (χ3v) is 4.35. The molecule has 1 aromatic rings. The monoisotopic (exact) mass is 265 g/mol. The third kappa shape index (κ3) is 3.81. The third-order valence-electron chi connectivity index (χ3n) is 4.35. The van der Waals surface area contributed by atoms with Crippen molar-refractivity contribution in [2.45, 2.75) is 31.3 Å². The summed E-state index contributed by atoms with van der Waals surface area (Å²) >= 11 is 0. The number of furan rings is 1. The van der Waals surface area contributed by atoms with Gasteiger partial charge in [0.25, 0.3) is 0 Å². The molecule has 0 bridgehead atoms. The smallest absolute Gasteiger partial charge is 0.117 e. The predicted molar refractivity (Wildman–Crippen MR) is 78.2 cm³/mol. The largest absolute Gasteiger partial charge is 0.468 e. The Kier molecular flexibility index (Phi) is 5.02. The van der Waals surface area contributed by atoms with Crippen LogP contribution in [0.4, 0.5) is 0 Å². The summed E-state index contributed by atoms with van der Waals surface area (Å²) in [5, 5.41) is 3.42. The maximum absolute atomic E-state index is 5.30. The molecule has 0 atom stereocenters. The first-order valence-corrected chi connectivity index (χ1v) is 7.21. The summed E-state index contributed by atoms with van der Waals surface area (Å²) in [5.74, 6) is 1.01. The Morgan fingerprint density at radius 1 is 1.32 bits per heavy atom. The normalized spacial score (nSPS) is 17.9. The molecule has 0 radical (unpaired) electrons. The van der Waals surface area contributed by atoms with Crippen molar-refractivity contribution in [1.82, 2.24) is 15.1 Å². The van der Waals surface area contributed by atoms with Gasteiger partial charge in [0, 0.05) is 25.2 Å². The fraction of sp³-hybridized carbons (Fsp3) is 0.733. The highest BCUT2D eigenvalue weighted by molar-refractivity contribution is 4.98. The lowest BCUT2D eigenvalue weighted by Gasteiger charge is -2.49. The van der Waals surface area contributed by atoms with E-state index in [1.54, 1.807) is 6.26 Å². The average molecular weight is 265 g/mol. The molecule has 1 saturated carbocycles. The van der Waals surface area contributed by atoms with Crippen molar-refractivity contribution < 1.29 is 4.42 Å². The summed E-state index contributed by atoms with van der Waals surface area (Å²) in [6, 6.07) is 3.94. The molecule has 19 heavy (non-hydrogen) atoms. The summed E-state index contributed by atoms with van der Waals surface area (Å²) in [4.78, 5) is 4.84. The van der Waals surface area contributed by atoms with E-state index < -0.39 is 0 Å². The van der Waals surface area contributed by atoms with Crippen molar-refractivity contribution in [1.29, 1.82) is 0 Å². The highest BCUT2D eigenvalue weighted by Gasteiger charge is 2.39. The van der Waals surface area contributed by atoms with Crippen molar-refractivity contribution in [2.24, 2.45) is 0 Å². The lowest BCUT2D eigenvalue weighted by atomic mass is 9.75. The number of likely N-dealkylation sites (N-methyl/N-ethyl adjacent to an activating group) is 2. The molecule has 4 heteroatoms. The van der Waals surface area contributed by atoms with Crippen LogP contribution in [0, 0.1) is 0 Å². The van der Waals surface area contributed by atoms with Crippen LogP contribution in [-0.2, 0) is 6.54 Å². The highest BCUT2D eigenvalue weighted by atomic mass is 16.3. The van der Waals surface area contributed by atoms with Crippen molar-refractivity contribution >= 4 is 0 Å². The van der Waals surface area contributed by atoms with Crippen LogP contribution in [0.5, 0.6) is 0 Å². The Morgan fingerprint density at radius 3 is 2.63 bits per heavy atom. The summed E-state index contributed by atoms with van der Waals surface area (Å²) in [7, 11) is 6.64. The molecule has 2 rings (SSSR count). The topological polar surface area (TPSA) is 31.6 Å². The van der Waals surface area contributed by atoms with Crippen molar-refractivity contribution in [3.63, 3.8) is 0 Å². The standard InChI is InChI=1S/C15H27N3O/c1-17(2)15(7-5-8-15)13-18(3)10-9-16-12-14-6-4-11-19-14/h4,6,11,16H,5,7-10,12-13H2,1-3H3. The second kappa shape index (κ2) is 6.55. The van der Waals surface area contributed by atoms with Crippen LogP contribution < -0.4 is 5.32 Å². The van der Waals surface area contributed by atoms with Crippen LogP contribution in [0.15, 0.2) is 22.8 Å². The van der Waals surface area contributed by atoms with Gasteiger partial charge in [0.05, 0.1) is 12.8 Å². The SMILES string of the molecule is CN(CCNCc1ccco1)CC1(N(C)C)CCC1. The van der Waals surface area contributed by atoms with Gasteiger partial charge in [-0.15, -0.1) is 0 Å². The van der Waals surface area contributed by atoms with E-state index in [1.165, 1.54) is 25.8 Å². The Morgan fingerprint density at radius 2 is 2.11 bits per heavy atom. The zero-order valence-electron chi connectivity index (χ0n) is 12.5. The highest BCUT2D eigenvalue weighted by Crippen LogP contribution is 2.36. The molecule has 108 valence electrons. The molecular weight excluding hydrogens is 238 g/mol. The van der Waals surface area contributed by atoms with Gasteiger partial charge in [0.1, 0.15) is 5.76 Å². The molecular formula is C15H27N3O. The van der Waals surface area contributed by atoms with Gasteiger partial charge in [0.15, 0.2) is 0 Å². The Bertz CT molecular complexity index is 357. The molecule has 0 saturated heterocycles. The molecule has 1 N–H and O–H groups in total. The lowest BCUT2D eigenvalue weighted by Crippen LogP contribution is -2.57. The Labute approximate surface area is 116 Å². The number of nitrogens with one attached hydrogen (secondary N) is 1. The molecule has 0 aliphatic heterocycles. The molecule has 0 spiro atoms. The van der Waals surface area contributed by atoms with Gasteiger partial charge in [-0.05, 0) is 52.5 Å². The first kappa shape index (κ1) is 14.6. The van der Waals surface area contributed by atoms with E-state index in [2.05, 4.69) is 36.3 Å². The second-order valence-electron chi connectivity index (χ2n) is 5.97. The second-order valence-corrected chi connectivity index (χ2v) is 5.97. The minimum atomic E-state index is 0.426. The molecule has 0 aromatic carbocycles. The van der Waals surface area contributed by atoms with Crippen LogP contribution in [0.2, 0.25) is 0 Å². The van der Waals surface area contributed by atoms with Crippen LogP contribution in [0.3, 0.4) is 0 Å².